The topological polar surface area (TPSA) is 93.1 Å². The second kappa shape index (κ2) is 6.37. The summed E-state index contributed by atoms with van der Waals surface area (Å²) in [6.07, 6.45) is 0.995. The number of rotatable bonds is 4. The summed E-state index contributed by atoms with van der Waals surface area (Å²) in [7, 11) is 0. The van der Waals surface area contributed by atoms with Gasteiger partial charge in [0.1, 0.15) is 6.10 Å². The van der Waals surface area contributed by atoms with E-state index in [0.717, 1.165) is 12.2 Å². The number of hydrogen-bond acceptors (Lipinski definition) is 5. The number of carboxylic acid groups (broad SMARTS) is 1. The van der Waals surface area contributed by atoms with Crippen molar-refractivity contribution in [3.05, 3.63) is 12.2 Å². The summed E-state index contributed by atoms with van der Waals surface area (Å²) < 4.78 is 10.9. The van der Waals surface area contributed by atoms with Gasteiger partial charge in [0, 0.05) is 24.5 Å². The van der Waals surface area contributed by atoms with Crippen LogP contribution >= 0.6 is 0 Å². The first kappa shape index (κ1) is 16.7. The van der Waals surface area contributed by atoms with Crippen LogP contribution < -0.4 is 0 Å². The lowest BCUT2D eigenvalue weighted by molar-refractivity contribution is -0.287. The predicted octanol–water partition coefficient (Wildman–Crippen LogP) is 1.33. The molecule has 0 spiro atoms. The van der Waals surface area contributed by atoms with Crippen molar-refractivity contribution in [3.63, 3.8) is 0 Å². The van der Waals surface area contributed by atoms with Gasteiger partial charge in [-0.15, -0.1) is 0 Å². The van der Waals surface area contributed by atoms with Gasteiger partial charge in [-0.1, -0.05) is 20.8 Å². The zero-order valence-electron chi connectivity index (χ0n) is 12.2. The van der Waals surface area contributed by atoms with Gasteiger partial charge >= 0.3 is 11.9 Å². The maximum absolute atomic E-state index is 11.6. The summed E-state index contributed by atoms with van der Waals surface area (Å²) >= 11 is 0. The van der Waals surface area contributed by atoms with Crippen molar-refractivity contribution in [2.24, 2.45) is 11.8 Å². The van der Waals surface area contributed by atoms with Crippen LogP contribution in [0.4, 0.5) is 0 Å². The van der Waals surface area contributed by atoms with Crippen LogP contribution in [0.25, 0.3) is 0 Å². The van der Waals surface area contributed by atoms with Crippen LogP contribution in [0, 0.1) is 11.8 Å². The third kappa shape index (κ3) is 4.61. The molecular weight excluding hydrogens is 264 g/mol. The molecule has 6 heteroatoms. The Morgan fingerprint density at radius 2 is 2.00 bits per heavy atom. The van der Waals surface area contributed by atoms with E-state index in [4.69, 9.17) is 14.6 Å². The number of carboxylic acids is 1. The summed E-state index contributed by atoms with van der Waals surface area (Å²) in [5.41, 5.74) is 0. The van der Waals surface area contributed by atoms with Crippen LogP contribution in [0.2, 0.25) is 0 Å². The molecule has 1 aliphatic rings. The van der Waals surface area contributed by atoms with E-state index in [1.54, 1.807) is 0 Å². The largest absolute Gasteiger partial charge is 0.478 e. The molecule has 0 aromatic rings. The van der Waals surface area contributed by atoms with Crippen molar-refractivity contribution in [2.75, 3.05) is 0 Å². The molecule has 20 heavy (non-hydrogen) atoms. The maximum atomic E-state index is 11.6. The summed E-state index contributed by atoms with van der Waals surface area (Å²) in [4.78, 5) is 21.9. The number of hydrogen-bond donors (Lipinski definition) is 2. The molecule has 0 aromatic heterocycles. The third-order valence-electron chi connectivity index (χ3n) is 3.36. The van der Waals surface area contributed by atoms with Gasteiger partial charge in [0.15, 0.2) is 5.79 Å². The molecule has 4 atom stereocenters. The summed E-state index contributed by atoms with van der Waals surface area (Å²) in [6.45, 7) is 7.35. The van der Waals surface area contributed by atoms with E-state index in [9.17, 15) is 14.7 Å². The van der Waals surface area contributed by atoms with E-state index in [2.05, 4.69) is 0 Å². The van der Waals surface area contributed by atoms with Crippen LogP contribution in [-0.2, 0) is 19.1 Å². The molecule has 0 saturated carbocycles. The molecule has 1 fully saturated rings. The zero-order valence-corrected chi connectivity index (χ0v) is 12.2. The smallest absolute Gasteiger partial charge is 0.331 e. The Bertz CT molecular complexity index is 398. The number of aliphatic hydroxyl groups is 1. The molecular formula is C14H22O6. The van der Waals surface area contributed by atoms with Crippen LogP contribution in [0.1, 0.15) is 34.1 Å². The highest BCUT2D eigenvalue weighted by molar-refractivity contribution is 5.90. The van der Waals surface area contributed by atoms with Crippen molar-refractivity contribution in [3.8, 4) is 0 Å². The van der Waals surface area contributed by atoms with Crippen LogP contribution in [0.5, 0.6) is 0 Å². The van der Waals surface area contributed by atoms with Crippen molar-refractivity contribution in [2.45, 2.75) is 52.1 Å². The highest BCUT2D eigenvalue weighted by Gasteiger charge is 2.44. The Labute approximate surface area is 118 Å². The molecule has 114 valence electrons. The quantitative estimate of drug-likeness (QED) is 0.598. The third-order valence-corrected chi connectivity index (χ3v) is 3.36. The van der Waals surface area contributed by atoms with Gasteiger partial charge in [0.05, 0.1) is 6.10 Å². The highest BCUT2D eigenvalue weighted by Crippen LogP contribution is 2.35. The van der Waals surface area contributed by atoms with Gasteiger partial charge in [0.25, 0.3) is 0 Å². The SMILES string of the molecule is CC(C)C1OC(C)(O)CC(OC(=O)/C=C/C(=O)O)C1C. The summed E-state index contributed by atoms with van der Waals surface area (Å²) in [6, 6.07) is 0. The molecule has 0 amide bonds. The normalized spacial score (nSPS) is 34.4. The van der Waals surface area contributed by atoms with Gasteiger partial charge in [-0.05, 0) is 12.8 Å². The van der Waals surface area contributed by atoms with E-state index >= 15 is 0 Å². The zero-order chi connectivity index (χ0) is 15.5. The average molecular weight is 286 g/mol. The van der Waals surface area contributed by atoms with E-state index in [0.29, 0.717) is 0 Å². The maximum Gasteiger partial charge on any atom is 0.331 e. The number of aliphatic carboxylic acids is 1. The second-order valence-corrected chi connectivity index (χ2v) is 5.71. The lowest BCUT2D eigenvalue weighted by Gasteiger charge is -2.44. The monoisotopic (exact) mass is 286 g/mol. The van der Waals surface area contributed by atoms with E-state index in [1.165, 1.54) is 6.92 Å². The van der Waals surface area contributed by atoms with Crippen molar-refractivity contribution < 1.29 is 29.3 Å². The molecule has 0 aromatic carbocycles. The molecule has 2 N–H and O–H groups in total. The van der Waals surface area contributed by atoms with Crippen LogP contribution in [0.3, 0.4) is 0 Å². The number of carbonyl (C=O) groups excluding carboxylic acids is 1. The second-order valence-electron chi connectivity index (χ2n) is 5.71. The lowest BCUT2D eigenvalue weighted by Crippen LogP contribution is -2.52. The number of carbonyl (C=O) groups is 2. The molecule has 6 nitrogen and oxygen atoms in total. The lowest BCUT2D eigenvalue weighted by atomic mass is 9.84. The van der Waals surface area contributed by atoms with E-state index in [1.807, 2.05) is 20.8 Å². The minimum Gasteiger partial charge on any atom is -0.478 e. The van der Waals surface area contributed by atoms with Gasteiger partial charge in [-0.3, -0.25) is 0 Å². The predicted molar refractivity (Wildman–Crippen MR) is 70.8 cm³/mol. The Kier molecular flexibility index (Phi) is 5.30. The first-order valence-electron chi connectivity index (χ1n) is 6.64. The average Bonchev–Trinajstić information content (AvgIpc) is 2.30. The van der Waals surface area contributed by atoms with Crippen molar-refractivity contribution in [1.29, 1.82) is 0 Å². The Balaban J connectivity index is 2.76. The van der Waals surface area contributed by atoms with Gasteiger partial charge in [-0.25, -0.2) is 9.59 Å². The molecule has 0 aliphatic carbocycles. The minimum absolute atomic E-state index is 0.0857. The summed E-state index contributed by atoms with van der Waals surface area (Å²) in [5, 5.41) is 18.6. The number of ether oxygens (including phenoxy) is 2. The van der Waals surface area contributed by atoms with Crippen molar-refractivity contribution in [1.82, 2.24) is 0 Å². The molecule has 1 saturated heterocycles. The molecule has 4 unspecified atom stereocenters. The summed E-state index contributed by atoms with van der Waals surface area (Å²) in [5.74, 6) is -3.23. The fourth-order valence-electron chi connectivity index (χ4n) is 2.44. The van der Waals surface area contributed by atoms with E-state index < -0.39 is 23.8 Å². The fourth-order valence-corrected chi connectivity index (χ4v) is 2.44. The Hall–Kier alpha value is -1.40. The van der Waals surface area contributed by atoms with Gasteiger partial charge < -0.3 is 19.7 Å². The molecule has 1 rings (SSSR count). The molecule has 1 heterocycles. The highest BCUT2D eigenvalue weighted by atomic mass is 16.6. The van der Waals surface area contributed by atoms with Crippen LogP contribution in [0.15, 0.2) is 12.2 Å². The van der Waals surface area contributed by atoms with Crippen molar-refractivity contribution >= 4 is 11.9 Å². The number of esters is 1. The van der Waals surface area contributed by atoms with Gasteiger partial charge in [-0.2, -0.15) is 0 Å². The minimum atomic E-state index is -1.36. The fraction of sp³-hybridized carbons (Fsp3) is 0.714. The van der Waals surface area contributed by atoms with E-state index in [-0.39, 0.29) is 24.4 Å². The Morgan fingerprint density at radius 1 is 1.40 bits per heavy atom. The molecule has 1 aliphatic heterocycles. The van der Waals surface area contributed by atoms with Gasteiger partial charge in [0.2, 0.25) is 0 Å². The molecule has 0 radical (unpaired) electrons. The molecule has 0 bridgehead atoms. The van der Waals surface area contributed by atoms with Crippen LogP contribution in [-0.4, -0.2) is 40.1 Å². The Morgan fingerprint density at radius 3 is 2.50 bits per heavy atom. The first-order chi connectivity index (χ1) is 9.12. The standard InChI is InChI=1S/C14H22O6/c1-8(2)13-9(3)10(7-14(4,18)20-13)19-12(17)6-5-11(15)16/h5-6,8-10,13,18H,7H2,1-4H3,(H,15,16)/b6-5+. The first-order valence-corrected chi connectivity index (χ1v) is 6.64.